The van der Waals surface area contributed by atoms with Gasteiger partial charge in [0.2, 0.25) is 0 Å². The average molecular weight is 216 g/mol. The zero-order valence-corrected chi connectivity index (χ0v) is 10.5. The van der Waals surface area contributed by atoms with Crippen molar-refractivity contribution < 1.29 is 9.53 Å². The molecule has 0 aliphatic carbocycles. The van der Waals surface area contributed by atoms with E-state index in [4.69, 9.17) is 4.74 Å². The molecular weight excluding hydrogens is 192 g/mol. The molecule has 90 valence electrons. The molecule has 0 aliphatic rings. The number of hydrogen-bond donors (Lipinski definition) is 1. The molecule has 0 aliphatic heterocycles. The van der Waals surface area contributed by atoms with E-state index in [9.17, 15) is 4.79 Å². The van der Waals surface area contributed by atoms with Gasteiger partial charge < -0.3 is 15.0 Å². The van der Waals surface area contributed by atoms with Crippen LogP contribution in [-0.4, -0.2) is 43.8 Å². The van der Waals surface area contributed by atoms with Crippen molar-refractivity contribution in [1.82, 2.24) is 10.2 Å². The molecule has 1 N–H and O–H groups in total. The third kappa shape index (κ3) is 8.24. The molecule has 4 heteroatoms. The number of ether oxygens (including phenoxy) is 1. The summed E-state index contributed by atoms with van der Waals surface area (Å²) in [5.41, 5.74) is 0. The van der Waals surface area contributed by atoms with Gasteiger partial charge in [-0.3, -0.25) is 0 Å². The lowest BCUT2D eigenvalue weighted by Crippen LogP contribution is -2.36. The fourth-order valence-electron chi connectivity index (χ4n) is 0.960. The van der Waals surface area contributed by atoms with Crippen LogP contribution in [-0.2, 0) is 4.74 Å². The van der Waals surface area contributed by atoms with Gasteiger partial charge in [0, 0.05) is 26.2 Å². The van der Waals surface area contributed by atoms with Crippen molar-refractivity contribution in [1.29, 1.82) is 0 Å². The van der Waals surface area contributed by atoms with Gasteiger partial charge in [0.1, 0.15) is 0 Å². The summed E-state index contributed by atoms with van der Waals surface area (Å²) in [7, 11) is 1.75. The second-order valence-electron chi connectivity index (χ2n) is 4.50. The summed E-state index contributed by atoms with van der Waals surface area (Å²) in [5, 5.41) is 3.25. The molecule has 0 unspecified atom stereocenters. The van der Waals surface area contributed by atoms with Gasteiger partial charge in [-0.1, -0.05) is 27.7 Å². The van der Waals surface area contributed by atoms with Crippen LogP contribution in [0.25, 0.3) is 0 Å². The molecule has 0 saturated heterocycles. The first-order chi connectivity index (χ1) is 6.93. The van der Waals surface area contributed by atoms with Gasteiger partial charge in [-0.05, 0) is 5.92 Å². The van der Waals surface area contributed by atoms with E-state index in [1.54, 1.807) is 11.9 Å². The number of rotatable bonds is 6. The van der Waals surface area contributed by atoms with Gasteiger partial charge in [0.05, 0.1) is 6.61 Å². The lowest BCUT2D eigenvalue weighted by atomic mass is 10.2. The van der Waals surface area contributed by atoms with Crippen molar-refractivity contribution >= 4 is 6.09 Å². The monoisotopic (exact) mass is 216 g/mol. The molecule has 0 atom stereocenters. The SMILES string of the molecule is CC(C)COC(=O)N(C)CCNC(C)C. The topological polar surface area (TPSA) is 41.6 Å². The zero-order valence-electron chi connectivity index (χ0n) is 10.5. The summed E-state index contributed by atoms with van der Waals surface area (Å²) in [4.78, 5) is 13.0. The molecule has 0 radical (unpaired) electrons. The molecule has 0 heterocycles. The lowest BCUT2D eigenvalue weighted by molar-refractivity contribution is 0.1000. The highest BCUT2D eigenvalue weighted by molar-refractivity contribution is 5.67. The Labute approximate surface area is 93.0 Å². The Bertz CT molecular complexity index is 181. The van der Waals surface area contributed by atoms with Gasteiger partial charge in [0.25, 0.3) is 0 Å². The van der Waals surface area contributed by atoms with Crippen molar-refractivity contribution in [2.24, 2.45) is 5.92 Å². The molecule has 0 aromatic carbocycles. The molecular formula is C11H24N2O2. The van der Waals surface area contributed by atoms with Crippen LogP contribution < -0.4 is 5.32 Å². The number of hydrogen-bond acceptors (Lipinski definition) is 3. The number of likely N-dealkylation sites (N-methyl/N-ethyl adjacent to an activating group) is 1. The van der Waals surface area contributed by atoms with Crippen LogP contribution in [0.1, 0.15) is 27.7 Å². The summed E-state index contributed by atoms with van der Waals surface area (Å²) in [6.07, 6.45) is -0.241. The van der Waals surface area contributed by atoms with Crippen molar-refractivity contribution in [2.75, 3.05) is 26.7 Å². The quantitative estimate of drug-likeness (QED) is 0.735. The van der Waals surface area contributed by atoms with Gasteiger partial charge in [-0.25, -0.2) is 4.79 Å². The predicted octanol–water partition coefficient (Wildman–Crippen LogP) is 1.71. The van der Waals surface area contributed by atoms with E-state index in [-0.39, 0.29) is 6.09 Å². The Morgan fingerprint density at radius 3 is 2.40 bits per heavy atom. The van der Waals surface area contributed by atoms with Crippen molar-refractivity contribution in [3.05, 3.63) is 0 Å². The molecule has 0 rings (SSSR count). The molecule has 0 spiro atoms. The molecule has 15 heavy (non-hydrogen) atoms. The Morgan fingerprint density at radius 1 is 1.33 bits per heavy atom. The summed E-state index contributed by atoms with van der Waals surface area (Å²) in [6, 6.07) is 0.449. The largest absolute Gasteiger partial charge is 0.449 e. The molecule has 0 bridgehead atoms. The summed E-state index contributed by atoms with van der Waals surface area (Å²) >= 11 is 0. The third-order valence-electron chi connectivity index (χ3n) is 1.85. The van der Waals surface area contributed by atoms with Crippen molar-refractivity contribution in [3.63, 3.8) is 0 Å². The molecule has 4 nitrogen and oxygen atoms in total. The van der Waals surface area contributed by atoms with Crippen LogP contribution in [0.5, 0.6) is 0 Å². The number of carbonyl (C=O) groups is 1. The third-order valence-corrected chi connectivity index (χ3v) is 1.85. The first-order valence-electron chi connectivity index (χ1n) is 5.54. The highest BCUT2D eigenvalue weighted by Crippen LogP contribution is 1.96. The minimum absolute atomic E-state index is 0.241. The molecule has 0 aromatic heterocycles. The van der Waals surface area contributed by atoms with Crippen LogP contribution in [0.4, 0.5) is 4.79 Å². The highest BCUT2D eigenvalue weighted by Gasteiger charge is 2.09. The van der Waals surface area contributed by atoms with Crippen molar-refractivity contribution in [2.45, 2.75) is 33.7 Å². The van der Waals surface area contributed by atoms with Crippen molar-refractivity contribution in [3.8, 4) is 0 Å². The maximum absolute atomic E-state index is 11.4. The Balaban J connectivity index is 3.60. The highest BCUT2D eigenvalue weighted by atomic mass is 16.6. The number of nitrogens with one attached hydrogen (secondary N) is 1. The normalized spacial score (nSPS) is 10.9. The van der Waals surface area contributed by atoms with E-state index in [0.717, 1.165) is 6.54 Å². The van der Waals surface area contributed by atoms with E-state index in [2.05, 4.69) is 19.2 Å². The number of nitrogens with zero attached hydrogens (tertiary/aromatic N) is 1. The van der Waals surface area contributed by atoms with E-state index in [1.807, 2.05) is 13.8 Å². The lowest BCUT2D eigenvalue weighted by Gasteiger charge is -2.18. The zero-order chi connectivity index (χ0) is 11.8. The Morgan fingerprint density at radius 2 is 1.93 bits per heavy atom. The second kappa shape index (κ2) is 7.51. The van der Waals surface area contributed by atoms with Gasteiger partial charge in [0.15, 0.2) is 0 Å². The summed E-state index contributed by atoms with van der Waals surface area (Å²) in [5.74, 6) is 0.385. The van der Waals surface area contributed by atoms with Crippen LogP contribution in [0.15, 0.2) is 0 Å². The summed E-state index contributed by atoms with van der Waals surface area (Å²) in [6.45, 7) is 10.2. The van der Waals surface area contributed by atoms with Gasteiger partial charge >= 0.3 is 6.09 Å². The van der Waals surface area contributed by atoms with Gasteiger partial charge in [-0.2, -0.15) is 0 Å². The fraction of sp³-hybridized carbons (Fsp3) is 0.909. The number of carbonyl (C=O) groups excluding carboxylic acids is 1. The van der Waals surface area contributed by atoms with E-state index < -0.39 is 0 Å². The molecule has 0 aromatic rings. The standard InChI is InChI=1S/C11H24N2O2/c1-9(2)8-15-11(14)13(5)7-6-12-10(3)4/h9-10,12H,6-8H2,1-5H3. The first kappa shape index (κ1) is 14.2. The van der Waals surface area contributed by atoms with Gasteiger partial charge in [-0.15, -0.1) is 0 Å². The molecule has 0 saturated carbocycles. The number of amides is 1. The van der Waals surface area contributed by atoms with Crippen LogP contribution in [0.2, 0.25) is 0 Å². The Hall–Kier alpha value is -0.770. The van der Waals surface area contributed by atoms with E-state index in [1.165, 1.54) is 0 Å². The van der Waals surface area contributed by atoms with Crippen LogP contribution in [0, 0.1) is 5.92 Å². The maximum atomic E-state index is 11.4. The maximum Gasteiger partial charge on any atom is 0.409 e. The molecule has 1 amide bonds. The van der Waals surface area contributed by atoms with Crippen LogP contribution >= 0.6 is 0 Å². The first-order valence-corrected chi connectivity index (χ1v) is 5.54. The minimum atomic E-state index is -0.241. The van der Waals surface area contributed by atoms with Crippen LogP contribution in [0.3, 0.4) is 0 Å². The average Bonchev–Trinajstić information content (AvgIpc) is 2.13. The minimum Gasteiger partial charge on any atom is -0.449 e. The fourth-order valence-corrected chi connectivity index (χ4v) is 0.960. The summed E-state index contributed by atoms with van der Waals surface area (Å²) < 4.78 is 5.08. The Kier molecular flexibility index (Phi) is 7.13. The molecule has 0 fully saturated rings. The van der Waals surface area contributed by atoms with E-state index >= 15 is 0 Å². The predicted molar refractivity (Wildman–Crippen MR) is 62.0 cm³/mol. The smallest absolute Gasteiger partial charge is 0.409 e. The second-order valence-corrected chi connectivity index (χ2v) is 4.50. The van der Waals surface area contributed by atoms with E-state index in [0.29, 0.717) is 25.1 Å².